The molecule has 0 radical (unpaired) electrons. The Hall–Kier alpha value is -3.19. The molecule has 0 N–H and O–H groups in total. The van der Waals surface area contributed by atoms with Crippen molar-refractivity contribution in [3.05, 3.63) is 98.7 Å². The molecule has 0 unspecified atom stereocenters. The zero-order chi connectivity index (χ0) is 23.5. The predicted molar refractivity (Wildman–Crippen MR) is 128 cm³/mol. The molecule has 33 heavy (non-hydrogen) atoms. The molecule has 6 nitrogen and oxygen atoms in total. The quantitative estimate of drug-likeness (QED) is 0.231. The molecular weight excluding hydrogens is 485 g/mol. The topological polar surface area (TPSA) is 74.1 Å². The predicted octanol–water partition coefficient (Wildman–Crippen LogP) is 6.24. The van der Waals surface area contributed by atoms with Crippen molar-refractivity contribution in [1.29, 1.82) is 0 Å². The second kappa shape index (κ2) is 9.75. The van der Waals surface area contributed by atoms with E-state index in [9.17, 15) is 9.59 Å². The number of aryl methyl sites for hydroxylation is 1. The van der Waals surface area contributed by atoms with E-state index in [2.05, 4.69) is 10.1 Å². The van der Waals surface area contributed by atoms with E-state index < -0.39 is 12.6 Å². The van der Waals surface area contributed by atoms with E-state index in [0.717, 1.165) is 11.1 Å². The summed E-state index contributed by atoms with van der Waals surface area (Å²) in [6.45, 7) is 1.49. The second-order valence-corrected chi connectivity index (χ2v) is 8.40. The van der Waals surface area contributed by atoms with Crippen molar-refractivity contribution in [3.63, 3.8) is 0 Å². The number of carbonyl (C=O) groups excluding carboxylic acids is 2. The molecule has 0 bridgehead atoms. The van der Waals surface area contributed by atoms with Crippen LogP contribution >= 0.6 is 34.8 Å². The number of ether oxygens (including phenoxy) is 1. The first-order valence-electron chi connectivity index (χ1n) is 9.77. The zero-order valence-electron chi connectivity index (χ0n) is 17.3. The number of Topliss-reactive ketones (excluding diaryl/α,β-unsaturated/α-hetero) is 1. The molecule has 0 aliphatic heterocycles. The average molecular weight is 501 g/mol. The minimum atomic E-state index is -0.829. The fourth-order valence-corrected chi connectivity index (χ4v) is 3.50. The monoisotopic (exact) mass is 499 g/mol. The molecule has 166 valence electrons. The van der Waals surface area contributed by atoms with Gasteiger partial charge in [0, 0.05) is 16.1 Å². The van der Waals surface area contributed by atoms with Gasteiger partial charge in [0.05, 0.1) is 15.7 Å². The maximum atomic E-state index is 12.7. The number of aromatic nitrogens is 3. The van der Waals surface area contributed by atoms with Crippen molar-refractivity contribution in [1.82, 2.24) is 14.8 Å². The van der Waals surface area contributed by atoms with E-state index in [-0.39, 0.29) is 11.6 Å². The Balaban J connectivity index is 1.64. The van der Waals surface area contributed by atoms with Gasteiger partial charge in [-0.1, -0.05) is 58.6 Å². The molecule has 1 aromatic heterocycles. The van der Waals surface area contributed by atoms with Gasteiger partial charge in [-0.25, -0.2) is 14.5 Å². The van der Waals surface area contributed by atoms with E-state index in [1.165, 1.54) is 4.68 Å². The highest BCUT2D eigenvalue weighted by Gasteiger charge is 2.21. The Kier molecular flexibility index (Phi) is 6.79. The third-order valence-electron chi connectivity index (χ3n) is 4.71. The van der Waals surface area contributed by atoms with E-state index in [1.54, 1.807) is 42.5 Å². The molecule has 0 aliphatic carbocycles. The summed E-state index contributed by atoms with van der Waals surface area (Å²) in [7, 11) is 0. The van der Waals surface area contributed by atoms with Crippen LogP contribution < -0.4 is 0 Å². The van der Waals surface area contributed by atoms with E-state index in [1.807, 2.05) is 31.2 Å². The van der Waals surface area contributed by atoms with Crippen LogP contribution in [0.4, 0.5) is 0 Å². The van der Waals surface area contributed by atoms with Crippen LogP contribution in [0, 0.1) is 6.92 Å². The zero-order valence-corrected chi connectivity index (χ0v) is 19.5. The molecule has 0 fully saturated rings. The van der Waals surface area contributed by atoms with Crippen molar-refractivity contribution in [2.24, 2.45) is 0 Å². The summed E-state index contributed by atoms with van der Waals surface area (Å²) in [6.07, 6.45) is 0. The van der Waals surface area contributed by atoms with Crippen LogP contribution in [-0.2, 0) is 4.74 Å². The molecule has 0 amide bonds. The Labute approximate surface area is 204 Å². The van der Waals surface area contributed by atoms with Crippen LogP contribution in [-0.4, -0.2) is 33.1 Å². The molecule has 1 heterocycles. The largest absolute Gasteiger partial charge is 0.451 e. The summed E-state index contributed by atoms with van der Waals surface area (Å²) in [5, 5.41) is 5.54. The smallest absolute Gasteiger partial charge is 0.378 e. The molecule has 4 aromatic rings. The summed E-state index contributed by atoms with van der Waals surface area (Å²) >= 11 is 18.1. The highest BCUT2D eigenvalue weighted by atomic mass is 35.5. The Bertz CT molecular complexity index is 1350. The first-order valence-corrected chi connectivity index (χ1v) is 10.9. The van der Waals surface area contributed by atoms with Crippen molar-refractivity contribution < 1.29 is 14.3 Å². The molecule has 0 aliphatic rings. The first-order chi connectivity index (χ1) is 15.8. The summed E-state index contributed by atoms with van der Waals surface area (Å²) in [6, 6.07) is 18.8. The maximum absolute atomic E-state index is 12.7. The number of hydrogen-bond acceptors (Lipinski definition) is 5. The van der Waals surface area contributed by atoms with Gasteiger partial charge in [-0.15, -0.1) is 5.10 Å². The molecule has 0 atom stereocenters. The molecule has 0 saturated heterocycles. The lowest BCUT2D eigenvalue weighted by Crippen LogP contribution is -2.15. The van der Waals surface area contributed by atoms with Crippen molar-refractivity contribution in [3.8, 4) is 17.1 Å². The summed E-state index contributed by atoms with van der Waals surface area (Å²) < 4.78 is 6.65. The Morgan fingerprint density at radius 3 is 2.39 bits per heavy atom. The van der Waals surface area contributed by atoms with E-state index in [0.29, 0.717) is 32.1 Å². The summed E-state index contributed by atoms with van der Waals surface area (Å²) in [5.41, 5.74) is 2.69. The molecule has 0 saturated carbocycles. The lowest BCUT2D eigenvalue weighted by Gasteiger charge is -2.07. The van der Waals surface area contributed by atoms with Gasteiger partial charge in [0.1, 0.15) is 0 Å². The molecular formula is C24H16Cl3N3O3. The number of benzene rings is 3. The maximum Gasteiger partial charge on any atom is 0.378 e. The van der Waals surface area contributed by atoms with Gasteiger partial charge in [-0.05, 0) is 55.5 Å². The van der Waals surface area contributed by atoms with Crippen molar-refractivity contribution in [2.75, 3.05) is 6.61 Å². The second-order valence-electron chi connectivity index (χ2n) is 7.14. The number of ketones is 1. The average Bonchev–Trinajstić information content (AvgIpc) is 3.25. The van der Waals surface area contributed by atoms with Crippen molar-refractivity contribution >= 4 is 46.6 Å². The number of esters is 1. The molecule has 4 rings (SSSR count). The third kappa shape index (κ3) is 5.25. The molecule has 3 aromatic carbocycles. The van der Waals surface area contributed by atoms with Gasteiger partial charge in [-0.3, -0.25) is 4.79 Å². The number of hydrogen-bond donors (Lipinski definition) is 0. The fourth-order valence-electron chi connectivity index (χ4n) is 3.08. The number of halogens is 3. The fraction of sp³-hybridized carbons (Fsp3) is 0.0833. The minimum absolute atomic E-state index is 0.193. The van der Waals surface area contributed by atoms with E-state index >= 15 is 0 Å². The number of nitrogens with zero attached hydrogens (tertiary/aromatic N) is 3. The van der Waals surface area contributed by atoms with Crippen LogP contribution in [0.1, 0.15) is 26.5 Å². The minimum Gasteiger partial charge on any atom is -0.451 e. The third-order valence-corrected chi connectivity index (χ3v) is 5.71. The van der Waals surface area contributed by atoms with Crippen LogP contribution in [0.2, 0.25) is 15.1 Å². The summed E-state index contributed by atoms with van der Waals surface area (Å²) in [4.78, 5) is 29.4. The lowest BCUT2D eigenvalue weighted by molar-refractivity contribution is 0.0462. The van der Waals surface area contributed by atoms with Gasteiger partial charge in [0.15, 0.2) is 18.2 Å². The SMILES string of the molecule is Cc1cccc(-c2nc(C(=O)OCC(=O)c3ccc(Cl)cc3)nn2-c2ccc(Cl)c(Cl)c2)c1. The van der Waals surface area contributed by atoms with Gasteiger partial charge in [0.2, 0.25) is 0 Å². The van der Waals surface area contributed by atoms with Gasteiger partial charge in [-0.2, -0.15) is 0 Å². The normalized spacial score (nSPS) is 10.8. The molecule has 0 spiro atoms. The van der Waals surface area contributed by atoms with Crippen molar-refractivity contribution in [2.45, 2.75) is 6.92 Å². The summed E-state index contributed by atoms with van der Waals surface area (Å²) in [5.74, 6) is -0.984. The Morgan fingerprint density at radius 1 is 0.939 bits per heavy atom. The molecule has 9 heteroatoms. The van der Waals surface area contributed by atoms with Crippen LogP contribution in [0.25, 0.3) is 17.1 Å². The van der Waals surface area contributed by atoms with E-state index in [4.69, 9.17) is 39.5 Å². The van der Waals surface area contributed by atoms with Crippen LogP contribution in [0.3, 0.4) is 0 Å². The number of carbonyl (C=O) groups is 2. The van der Waals surface area contributed by atoms with Gasteiger partial charge < -0.3 is 4.74 Å². The lowest BCUT2D eigenvalue weighted by atomic mass is 10.1. The van der Waals surface area contributed by atoms with Crippen LogP contribution in [0.5, 0.6) is 0 Å². The first kappa shape index (κ1) is 23.0. The van der Waals surface area contributed by atoms with Crippen LogP contribution in [0.15, 0.2) is 66.7 Å². The number of rotatable bonds is 6. The highest BCUT2D eigenvalue weighted by molar-refractivity contribution is 6.42. The Morgan fingerprint density at radius 2 is 1.70 bits per heavy atom. The van der Waals surface area contributed by atoms with Gasteiger partial charge >= 0.3 is 5.97 Å². The highest BCUT2D eigenvalue weighted by Crippen LogP contribution is 2.27. The van der Waals surface area contributed by atoms with Gasteiger partial charge in [0.25, 0.3) is 5.82 Å². The standard InChI is InChI=1S/C24H16Cl3N3O3/c1-14-3-2-4-16(11-14)23-28-22(29-30(23)18-9-10-19(26)20(27)12-18)24(32)33-13-21(31)15-5-7-17(25)8-6-15/h2-12H,13H2,1H3.